The summed E-state index contributed by atoms with van der Waals surface area (Å²) in [7, 11) is -3.04. The number of aryl methyl sites for hydroxylation is 1. The van der Waals surface area contributed by atoms with Gasteiger partial charge in [-0.3, -0.25) is 4.79 Å². The quantitative estimate of drug-likeness (QED) is 0.755. The van der Waals surface area contributed by atoms with Crippen molar-refractivity contribution in [1.29, 1.82) is 0 Å². The number of amides is 1. The van der Waals surface area contributed by atoms with E-state index in [1.807, 2.05) is 0 Å². The molecule has 2 aromatic rings. The average molecular weight is 392 g/mol. The van der Waals surface area contributed by atoms with Crippen LogP contribution in [-0.4, -0.2) is 47.8 Å². The van der Waals surface area contributed by atoms with Crippen molar-refractivity contribution in [1.82, 2.24) is 9.88 Å². The normalized spacial score (nSPS) is 21.3. The molecule has 144 valence electrons. The summed E-state index contributed by atoms with van der Waals surface area (Å²) in [6.45, 7) is 0. The molecule has 6 nitrogen and oxygen atoms in total. The molecule has 0 N–H and O–H groups in total. The van der Waals surface area contributed by atoms with E-state index in [-0.39, 0.29) is 35.9 Å². The molecule has 1 aliphatic carbocycles. The first-order valence-electron chi connectivity index (χ1n) is 9.14. The van der Waals surface area contributed by atoms with Crippen LogP contribution in [0.2, 0.25) is 0 Å². The summed E-state index contributed by atoms with van der Waals surface area (Å²) in [5.41, 5.74) is 0.332. The third-order valence-electron chi connectivity index (χ3n) is 5.08. The maximum absolute atomic E-state index is 13.8. The van der Waals surface area contributed by atoms with E-state index < -0.39 is 15.7 Å². The lowest BCUT2D eigenvalue weighted by Crippen LogP contribution is -2.42. The number of sulfone groups is 1. The van der Waals surface area contributed by atoms with E-state index in [4.69, 9.17) is 4.42 Å². The summed E-state index contributed by atoms with van der Waals surface area (Å²) in [4.78, 5) is 18.6. The Morgan fingerprint density at radius 2 is 2.00 bits per heavy atom. The Kier molecular flexibility index (Phi) is 4.75. The van der Waals surface area contributed by atoms with E-state index >= 15 is 0 Å². The smallest absolute Gasteiger partial charge is 0.223 e. The van der Waals surface area contributed by atoms with Crippen molar-refractivity contribution in [2.45, 2.75) is 44.2 Å². The number of hydrogen-bond acceptors (Lipinski definition) is 5. The minimum absolute atomic E-state index is 0.0612. The minimum Gasteiger partial charge on any atom is -0.441 e. The first kappa shape index (κ1) is 18.2. The van der Waals surface area contributed by atoms with Crippen molar-refractivity contribution in [2.75, 3.05) is 11.5 Å². The summed E-state index contributed by atoms with van der Waals surface area (Å²) < 4.78 is 43.0. The number of halogens is 1. The molecule has 1 aromatic heterocycles. The Labute approximate surface area is 157 Å². The molecule has 2 aliphatic rings. The Balaban J connectivity index is 1.41. The number of oxazole rings is 1. The van der Waals surface area contributed by atoms with Gasteiger partial charge in [0.1, 0.15) is 5.82 Å². The molecule has 4 rings (SSSR count). The third-order valence-corrected chi connectivity index (χ3v) is 6.83. The molecule has 1 saturated carbocycles. The predicted octanol–water partition coefficient (Wildman–Crippen LogP) is 2.59. The molecule has 1 amide bonds. The van der Waals surface area contributed by atoms with Gasteiger partial charge in [-0.1, -0.05) is 12.1 Å². The molecule has 1 saturated heterocycles. The van der Waals surface area contributed by atoms with E-state index in [1.165, 1.54) is 12.3 Å². The van der Waals surface area contributed by atoms with Gasteiger partial charge in [-0.2, -0.15) is 0 Å². The van der Waals surface area contributed by atoms with Crippen molar-refractivity contribution in [3.05, 3.63) is 42.2 Å². The summed E-state index contributed by atoms with van der Waals surface area (Å²) in [5, 5.41) is 0. The Morgan fingerprint density at radius 1 is 1.22 bits per heavy atom. The number of aromatic nitrogens is 1. The van der Waals surface area contributed by atoms with Gasteiger partial charge in [0.2, 0.25) is 5.91 Å². The second-order valence-corrected chi connectivity index (χ2v) is 9.42. The maximum Gasteiger partial charge on any atom is 0.223 e. The van der Waals surface area contributed by atoms with Crippen LogP contribution in [0.4, 0.5) is 4.39 Å². The molecule has 0 radical (unpaired) electrons. The Hall–Kier alpha value is -2.22. The van der Waals surface area contributed by atoms with Crippen molar-refractivity contribution in [3.8, 4) is 11.3 Å². The molecule has 1 unspecified atom stereocenters. The van der Waals surface area contributed by atoms with Gasteiger partial charge < -0.3 is 9.32 Å². The largest absolute Gasteiger partial charge is 0.441 e. The first-order valence-corrected chi connectivity index (χ1v) is 11.0. The second-order valence-electron chi connectivity index (χ2n) is 7.19. The molecular weight excluding hydrogens is 371 g/mol. The van der Waals surface area contributed by atoms with Crippen molar-refractivity contribution in [3.63, 3.8) is 0 Å². The molecule has 27 heavy (non-hydrogen) atoms. The standard InChI is InChI=1S/C19H21FN2O4S/c20-16-4-2-1-3-15(16)17-11-21-18(26-17)7-8-19(23)22(13-5-6-13)14-9-10-27(24,25)12-14/h1-4,11,13-14H,5-10,12H2. The van der Waals surface area contributed by atoms with Crippen LogP contribution in [0, 0.1) is 5.82 Å². The van der Waals surface area contributed by atoms with Crippen molar-refractivity contribution >= 4 is 15.7 Å². The summed E-state index contributed by atoms with van der Waals surface area (Å²) >= 11 is 0. The number of nitrogens with zero attached hydrogens (tertiary/aromatic N) is 2. The molecule has 1 atom stereocenters. The SMILES string of the molecule is O=C(CCc1ncc(-c2ccccc2F)o1)N(C1CC1)C1CCS(=O)(=O)C1. The molecule has 2 fully saturated rings. The fourth-order valence-corrected chi connectivity index (χ4v) is 5.32. The van der Waals surface area contributed by atoms with Crippen LogP contribution in [0.1, 0.15) is 31.6 Å². The van der Waals surface area contributed by atoms with Gasteiger partial charge in [0.25, 0.3) is 0 Å². The Bertz CT molecular complexity index is 952. The fourth-order valence-electron chi connectivity index (χ4n) is 3.61. The van der Waals surface area contributed by atoms with Crippen molar-refractivity contribution in [2.24, 2.45) is 0 Å². The highest BCUT2D eigenvalue weighted by Crippen LogP contribution is 2.33. The van der Waals surface area contributed by atoms with E-state index in [0.29, 0.717) is 30.1 Å². The monoisotopic (exact) mass is 392 g/mol. The highest BCUT2D eigenvalue weighted by atomic mass is 32.2. The number of carbonyl (C=O) groups excluding carboxylic acids is 1. The van der Waals surface area contributed by atoms with Gasteiger partial charge in [0, 0.05) is 24.9 Å². The van der Waals surface area contributed by atoms with Crippen LogP contribution in [0.15, 0.2) is 34.9 Å². The van der Waals surface area contributed by atoms with Crippen molar-refractivity contribution < 1.29 is 22.0 Å². The van der Waals surface area contributed by atoms with Gasteiger partial charge in [-0.05, 0) is 31.4 Å². The van der Waals surface area contributed by atoms with Gasteiger partial charge in [-0.15, -0.1) is 0 Å². The van der Waals surface area contributed by atoms with E-state index in [0.717, 1.165) is 12.8 Å². The predicted molar refractivity (Wildman–Crippen MR) is 97.1 cm³/mol. The molecule has 0 spiro atoms. The molecule has 1 aromatic carbocycles. The van der Waals surface area contributed by atoms with Crippen LogP contribution >= 0.6 is 0 Å². The molecular formula is C19H21FN2O4S. The van der Waals surface area contributed by atoms with E-state index in [2.05, 4.69) is 4.98 Å². The zero-order valence-corrected chi connectivity index (χ0v) is 15.6. The van der Waals surface area contributed by atoms with Crippen LogP contribution in [0.3, 0.4) is 0 Å². The van der Waals surface area contributed by atoms with Crippen LogP contribution in [0.5, 0.6) is 0 Å². The fraction of sp³-hybridized carbons (Fsp3) is 0.474. The molecule has 8 heteroatoms. The number of hydrogen-bond donors (Lipinski definition) is 0. The molecule has 2 heterocycles. The topological polar surface area (TPSA) is 80.5 Å². The molecule has 0 bridgehead atoms. The maximum atomic E-state index is 13.8. The van der Waals surface area contributed by atoms with E-state index in [9.17, 15) is 17.6 Å². The minimum atomic E-state index is -3.04. The van der Waals surface area contributed by atoms with Gasteiger partial charge in [0.15, 0.2) is 21.5 Å². The van der Waals surface area contributed by atoms with Crippen LogP contribution < -0.4 is 0 Å². The van der Waals surface area contributed by atoms with E-state index in [1.54, 1.807) is 23.1 Å². The highest BCUT2D eigenvalue weighted by molar-refractivity contribution is 7.91. The number of carbonyl (C=O) groups is 1. The highest BCUT2D eigenvalue weighted by Gasteiger charge is 2.41. The Morgan fingerprint density at radius 3 is 2.67 bits per heavy atom. The summed E-state index contributed by atoms with van der Waals surface area (Å²) in [6, 6.07) is 6.23. The third kappa shape index (κ3) is 4.05. The zero-order chi connectivity index (χ0) is 19.0. The van der Waals surface area contributed by atoms with Gasteiger partial charge in [0.05, 0.1) is 23.3 Å². The second kappa shape index (κ2) is 7.07. The average Bonchev–Trinajstić information content (AvgIpc) is 3.23. The van der Waals surface area contributed by atoms with Crippen LogP contribution in [-0.2, 0) is 21.1 Å². The lowest BCUT2D eigenvalue weighted by Gasteiger charge is -2.28. The summed E-state index contributed by atoms with van der Waals surface area (Å²) in [6.07, 6.45) is 4.33. The number of benzene rings is 1. The van der Waals surface area contributed by atoms with Crippen LogP contribution in [0.25, 0.3) is 11.3 Å². The van der Waals surface area contributed by atoms with Gasteiger partial charge in [-0.25, -0.2) is 17.8 Å². The van der Waals surface area contributed by atoms with Gasteiger partial charge >= 0.3 is 0 Å². The number of rotatable bonds is 6. The lowest BCUT2D eigenvalue weighted by molar-refractivity contribution is -0.133. The summed E-state index contributed by atoms with van der Waals surface area (Å²) in [5.74, 6) is 0.461. The first-order chi connectivity index (χ1) is 12.9. The zero-order valence-electron chi connectivity index (χ0n) is 14.8. The molecule has 1 aliphatic heterocycles. The lowest BCUT2D eigenvalue weighted by atomic mass is 10.2.